The van der Waals surface area contributed by atoms with Crippen molar-refractivity contribution in [2.45, 2.75) is 13.3 Å². The normalized spacial score (nSPS) is 9.73. The topological polar surface area (TPSA) is 64.3 Å². The van der Waals surface area contributed by atoms with Crippen LogP contribution in [0, 0.1) is 0 Å². The van der Waals surface area contributed by atoms with E-state index in [1.54, 1.807) is 12.1 Å². The number of rotatable bonds is 4. The maximum atomic E-state index is 11.1. The summed E-state index contributed by atoms with van der Waals surface area (Å²) in [6.45, 7) is 2.90. The molecule has 82 valence electrons. The Morgan fingerprint density at radius 1 is 1.40 bits per heavy atom. The molecule has 1 rings (SSSR count). The SMILES string of the molecule is CCc1ccc(OC(=O)NCCN)cc1. The number of benzene rings is 1. The highest BCUT2D eigenvalue weighted by Crippen LogP contribution is 2.12. The van der Waals surface area contributed by atoms with Crippen LogP contribution in [0.5, 0.6) is 5.75 Å². The summed E-state index contributed by atoms with van der Waals surface area (Å²) >= 11 is 0. The van der Waals surface area contributed by atoms with Crippen LogP contribution in [0.25, 0.3) is 0 Å². The molecule has 0 bridgehead atoms. The number of carbonyl (C=O) groups is 1. The quantitative estimate of drug-likeness (QED) is 0.783. The van der Waals surface area contributed by atoms with Gasteiger partial charge in [-0.15, -0.1) is 0 Å². The molecule has 0 spiro atoms. The van der Waals surface area contributed by atoms with Crippen molar-refractivity contribution in [2.75, 3.05) is 13.1 Å². The Morgan fingerprint density at radius 3 is 2.60 bits per heavy atom. The molecule has 0 aromatic heterocycles. The van der Waals surface area contributed by atoms with Crippen LogP contribution in [0.2, 0.25) is 0 Å². The molecule has 1 amide bonds. The lowest BCUT2D eigenvalue weighted by Crippen LogP contribution is -2.31. The Morgan fingerprint density at radius 2 is 2.07 bits per heavy atom. The molecule has 0 atom stereocenters. The summed E-state index contributed by atoms with van der Waals surface area (Å²) in [6.07, 6.45) is 0.504. The summed E-state index contributed by atoms with van der Waals surface area (Å²) in [5.74, 6) is 0.543. The van der Waals surface area contributed by atoms with Crippen molar-refractivity contribution < 1.29 is 9.53 Å². The maximum Gasteiger partial charge on any atom is 0.412 e. The highest BCUT2D eigenvalue weighted by molar-refractivity contribution is 5.70. The lowest BCUT2D eigenvalue weighted by molar-refractivity contribution is 0.201. The molecule has 0 aliphatic rings. The van der Waals surface area contributed by atoms with Crippen molar-refractivity contribution in [1.29, 1.82) is 0 Å². The Hall–Kier alpha value is -1.55. The largest absolute Gasteiger partial charge is 0.412 e. The van der Waals surface area contributed by atoms with Crippen LogP contribution >= 0.6 is 0 Å². The Balaban J connectivity index is 2.46. The van der Waals surface area contributed by atoms with E-state index in [-0.39, 0.29) is 0 Å². The molecule has 0 unspecified atom stereocenters. The lowest BCUT2D eigenvalue weighted by atomic mass is 10.2. The van der Waals surface area contributed by atoms with E-state index in [2.05, 4.69) is 12.2 Å². The first-order chi connectivity index (χ1) is 7.26. The first-order valence-corrected chi connectivity index (χ1v) is 5.01. The smallest absolute Gasteiger partial charge is 0.410 e. The molecular weight excluding hydrogens is 192 g/mol. The number of nitrogens with one attached hydrogen (secondary N) is 1. The van der Waals surface area contributed by atoms with Gasteiger partial charge < -0.3 is 15.8 Å². The van der Waals surface area contributed by atoms with Crippen LogP contribution in [0.4, 0.5) is 4.79 Å². The van der Waals surface area contributed by atoms with Gasteiger partial charge in [0, 0.05) is 13.1 Å². The molecule has 0 heterocycles. The van der Waals surface area contributed by atoms with Gasteiger partial charge in [-0.1, -0.05) is 19.1 Å². The van der Waals surface area contributed by atoms with E-state index in [0.717, 1.165) is 6.42 Å². The standard InChI is InChI=1S/C11H16N2O2/c1-2-9-3-5-10(6-4-9)15-11(14)13-8-7-12/h3-6H,2,7-8,12H2,1H3,(H,13,14). The number of aryl methyl sites for hydroxylation is 1. The fourth-order valence-corrected chi connectivity index (χ4v) is 1.11. The summed E-state index contributed by atoms with van der Waals surface area (Å²) in [5.41, 5.74) is 6.45. The minimum atomic E-state index is -0.468. The zero-order chi connectivity index (χ0) is 11.1. The number of hydrogen-bond acceptors (Lipinski definition) is 3. The second-order valence-electron chi connectivity index (χ2n) is 3.10. The summed E-state index contributed by atoms with van der Waals surface area (Å²) < 4.78 is 5.01. The van der Waals surface area contributed by atoms with Gasteiger partial charge in [0.15, 0.2) is 0 Å². The Bertz CT molecular complexity index is 309. The molecule has 4 nitrogen and oxygen atoms in total. The van der Waals surface area contributed by atoms with Gasteiger partial charge in [-0.3, -0.25) is 0 Å². The molecule has 0 aliphatic heterocycles. The summed E-state index contributed by atoms with van der Waals surface area (Å²) in [4.78, 5) is 11.1. The van der Waals surface area contributed by atoms with E-state index in [0.29, 0.717) is 18.8 Å². The van der Waals surface area contributed by atoms with E-state index < -0.39 is 6.09 Å². The highest BCUT2D eigenvalue weighted by atomic mass is 16.5. The third-order valence-corrected chi connectivity index (χ3v) is 1.96. The third-order valence-electron chi connectivity index (χ3n) is 1.96. The van der Waals surface area contributed by atoms with Crippen LogP contribution in [0.3, 0.4) is 0 Å². The molecule has 0 saturated heterocycles. The lowest BCUT2D eigenvalue weighted by Gasteiger charge is -2.05. The van der Waals surface area contributed by atoms with Gasteiger partial charge in [-0.05, 0) is 24.1 Å². The van der Waals surface area contributed by atoms with Crippen molar-refractivity contribution in [1.82, 2.24) is 5.32 Å². The van der Waals surface area contributed by atoms with Crippen molar-refractivity contribution in [3.8, 4) is 5.75 Å². The zero-order valence-corrected chi connectivity index (χ0v) is 8.82. The zero-order valence-electron chi connectivity index (χ0n) is 8.82. The molecule has 0 saturated carbocycles. The molecule has 3 N–H and O–H groups in total. The van der Waals surface area contributed by atoms with Gasteiger partial charge in [0.1, 0.15) is 5.75 Å². The number of ether oxygens (including phenoxy) is 1. The number of amides is 1. The molecule has 0 fully saturated rings. The number of nitrogens with two attached hydrogens (primary N) is 1. The predicted octanol–water partition coefficient (Wildman–Crippen LogP) is 1.30. The van der Waals surface area contributed by atoms with E-state index in [1.165, 1.54) is 5.56 Å². The minimum absolute atomic E-state index is 0.407. The first kappa shape index (κ1) is 11.5. The monoisotopic (exact) mass is 208 g/mol. The molecule has 0 aliphatic carbocycles. The van der Waals surface area contributed by atoms with Crippen LogP contribution in [-0.2, 0) is 6.42 Å². The molecule has 0 radical (unpaired) electrons. The second kappa shape index (κ2) is 6.03. The molecule has 1 aromatic carbocycles. The van der Waals surface area contributed by atoms with Crippen LogP contribution in [-0.4, -0.2) is 19.2 Å². The summed E-state index contributed by atoms with van der Waals surface area (Å²) in [5, 5.41) is 2.52. The van der Waals surface area contributed by atoms with E-state index in [4.69, 9.17) is 10.5 Å². The van der Waals surface area contributed by atoms with Gasteiger partial charge >= 0.3 is 6.09 Å². The number of carbonyl (C=O) groups excluding carboxylic acids is 1. The van der Waals surface area contributed by atoms with E-state index in [1.807, 2.05) is 12.1 Å². The van der Waals surface area contributed by atoms with Crippen molar-refractivity contribution >= 4 is 6.09 Å². The first-order valence-electron chi connectivity index (χ1n) is 5.01. The van der Waals surface area contributed by atoms with Gasteiger partial charge in [-0.2, -0.15) is 0 Å². The van der Waals surface area contributed by atoms with E-state index >= 15 is 0 Å². The molecular formula is C11H16N2O2. The fraction of sp³-hybridized carbons (Fsp3) is 0.364. The van der Waals surface area contributed by atoms with Gasteiger partial charge in [0.05, 0.1) is 0 Å². The molecule has 15 heavy (non-hydrogen) atoms. The number of hydrogen-bond donors (Lipinski definition) is 2. The summed E-state index contributed by atoms with van der Waals surface area (Å²) in [7, 11) is 0. The van der Waals surface area contributed by atoms with Crippen LogP contribution < -0.4 is 15.8 Å². The Labute approximate surface area is 89.4 Å². The average Bonchev–Trinajstić information content (AvgIpc) is 2.27. The minimum Gasteiger partial charge on any atom is -0.410 e. The predicted molar refractivity (Wildman–Crippen MR) is 58.9 cm³/mol. The maximum absolute atomic E-state index is 11.1. The molecule has 1 aromatic rings. The summed E-state index contributed by atoms with van der Waals surface area (Å²) in [6, 6.07) is 7.43. The van der Waals surface area contributed by atoms with Crippen molar-refractivity contribution in [2.24, 2.45) is 5.73 Å². The molecule has 4 heteroatoms. The van der Waals surface area contributed by atoms with E-state index in [9.17, 15) is 4.79 Å². The van der Waals surface area contributed by atoms with Crippen LogP contribution in [0.15, 0.2) is 24.3 Å². The van der Waals surface area contributed by atoms with Crippen molar-refractivity contribution in [3.05, 3.63) is 29.8 Å². The second-order valence-corrected chi connectivity index (χ2v) is 3.10. The van der Waals surface area contributed by atoms with Gasteiger partial charge in [0.2, 0.25) is 0 Å². The average molecular weight is 208 g/mol. The van der Waals surface area contributed by atoms with Gasteiger partial charge in [0.25, 0.3) is 0 Å². The van der Waals surface area contributed by atoms with Crippen LogP contribution in [0.1, 0.15) is 12.5 Å². The van der Waals surface area contributed by atoms with Crippen molar-refractivity contribution in [3.63, 3.8) is 0 Å². The third kappa shape index (κ3) is 3.99. The van der Waals surface area contributed by atoms with Gasteiger partial charge in [-0.25, -0.2) is 4.79 Å². The fourth-order valence-electron chi connectivity index (χ4n) is 1.11. The Kier molecular flexibility index (Phi) is 4.63. The highest BCUT2D eigenvalue weighted by Gasteiger charge is 2.02.